The molecule has 2 saturated heterocycles. The first-order chi connectivity index (χ1) is 20.6. The van der Waals surface area contributed by atoms with Gasteiger partial charge in [-0.1, -0.05) is 31.9 Å². The van der Waals surface area contributed by atoms with Gasteiger partial charge in [-0.3, -0.25) is 9.69 Å². The number of likely N-dealkylation sites (tertiary alicyclic amines) is 2. The van der Waals surface area contributed by atoms with Crippen molar-refractivity contribution >= 4 is 17.5 Å². The Balaban J connectivity index is 1.18. The molecule has 2 atom stereocenters. The number of alkyl halides is 3. The van der Waals surface area contributed by atoms with Crippen LogP contribution in [0.3, 0.4) is 0 Å². The molecule has 3 N–H and O–H groups in total. The number of halogens is 4. The van der Waals surface area contributed by atoms with Gasteiger partial charge in [0.05, 0.1) is 16.6 Å². The lowest BCUT2D eigenvalue weighted by Gasteiger charge is -2.39. The van der Waals surface area contributed by atoms with Crippen LogP contribution in [0.2, 0.25) is 0 Å². The van der Waals surface area contributed by atoms with Gasteiger partial charge in [-0.05, 0) is 80.9 Å². The van der Waals surface area contributed by atoms with Crippen LogP contribution in [0.1, 0.15) is 85.0 Å². The van der Waals surface area contributed by atoms with Crippen LogP contribution >= 0.6 is 11.6 Å². The number of allylic oxidation sites excluding steroid dienone is 4. The lowest BCUT2D eigenvalue weighted by atomic mass is 9.92. The molecule has 1 amide bonds. The number of nitrogens with one attached hydrogen (secondary N) is 3. The van der Waals surface area contributed by atoms with Crippen molar-refractivity contribution in [2.75, 3.05) is 32.7 Å². The van der Waals surface area contributed by atoms with Crippen molar-refractivity contribution in [2.45, 2.75) is 109 Å². The molecule has 11 heteroatoms. The fourth-order valence-corrected chi connectivity index (χ4v) is 7.59. The predicted molar refractivity (Wildman–Crippen MR) is 164 cm³/mol. The van der Waals surface area contributed by atoms with E-state index < -0.39 is 17.9 Å². The molecule has 4 aliphatic heterocycles. The molecule has 0 aromatic heterocycles. The van der Waals surface area contributed by atoms with E-state index in [1.54, 1.807) is 12.5 Å². The van der Waals surface area contributed by atoms with Gasteiger partial charge in [-0.15, -0.1) is 0 Å². The minimum Gasteiger partial charge on any atom is -0.373 e. The number of dihydropyridines is 1. The minimum absolute atomic E-state index is 0.0568. The summed E-state index contributed by atoms with van der Waals surface area (Å²) in [6.45, 7) is 10.6. The molecule has 1 aliphatic carbocycles. The number of piperidine rings is 2. The highest BCUT2D eigenvalue weighted by Gasteiger charge is 2.39. The van der Waals surface area contributed by atoms with Crippen molar-refractivity contribution in [1.29, 1.82) is 0 Å². The van der Waals surface area contributed by atoms with Crippen molar-refractivity contribution in [3.63, 3.8) is 0 Å². The molecule has 0 aromatic carbocycles. The number of rotatable bonds is 10. The Labute approximate surface area is 259 Å². The summed E-state index contributed by atoms with van der Waals surface area (Å²) in [5.41, 5.74) is 9.25. The van der Waals surface area contributed by atoms with Gasteiger partial charge in [0.2, 0.25) is 5.91 Å². The van der Waals surface area contributed by atoms with Crippen molar-refractivity contribution in [1.82, 2.24) is 30.9 Å². The summed E-state index contributed by atoms with van der Waals surface area (Å²) in [4.78, 5) is 16.3. The number of hydrogen-bond donors (Lipinski definition) is 3. The first-order valence-corrected chi connectivity index (χ1v) is 16.6. The zero-order valence-electron chi connectivity index (χ0n) is 25.8. The van der Waals surface area contributed by atoms with E-state index in [-0.39, 0.29) is 23.0 Å². The second-order valence-electron chi connectivity index (χ2n) is 12.7. The highest BCUT2D eigenvalue weighted by molar-refractivity contribution is 6.30. The maximum absolute atomic E-state index is 13.1. The SMILES string of the molecule is CCCC1=C(CC)C(C(=C2CC2)N2CCC(NC(C)=O)CC2)NN1CCC1CCN(C2NC=C(C(F)(F)F)C=C2Cl)CC1. The normalized spacial score (nSPS) is 26.0. The summed E-state index contributed by atoms with van der Waals surface area (Å²) >= 11 is 6.29. The lowest BCUT2D eigenvalue weighted by Crippen LogP contribution is -2.49. The summed E-state index contributed by atoms with van der Waals surface area (Å²) in [5.74, 6) is 0.619. The second kappa shape index (κ2) is 13.9. The smallest absolute Gasteiger partial charge is 0.373 e. The molecule has 7 nitrogen and oxygen atoms in total. The highest BCUT2D eigenvalue weighted by atomic mass is 35.5. The Morgan fingerprint density at radius 2 is 1.79 bits per heavy atom. The third-order valence-electron chi connectivity index (χ3n) is 9.63. The topological polar surface area (TPSA) is 62.9 Å². The molecule has 3 fully saturated rings. The Morgan fingerprint density at radius 1 is 1.09 bits per heavy atom. The zero-order chi connectivity index (χ0) is 30.7. The molecule has 240 valence electrons. The fraction of sp³-hybridized carbons (Fsp3) is 0.719. The number of hydrogen-bond acceptors (Lipinski definition) is 6. The van der Waals surface area contributed by atoms with Gasteiger partial charge in [0.25, 0.3) is 0 Å². The monoisotopic (exact) mass is 624 g/mol. The van der Waals surface area contributed by atoms with Gasteiger partial charge in [0.15, 0.2) is 0 Å². The number of nitrogens with zero attached hydrogens (tertiary/aromatic N) is 3. The molecule has 4 heterocycles. The van der Waals surface area contributed by atoms with E-state index in [2.05, 4.69) is 44.7 Å². The molecule has 0 radical (unpaired) electrons. The summed E-state index contributed by atoms with van der Waals surface area (Å²) in [6, 6.07) is 0.495. The van der Waals surface area contributed by atoms with Crippen molar-refractivity contribution in [3.05, 3.63) is 45.4 Å². The molecular formula is C32H48ClF3N6O. The second-order valence-corrected chi connectivity index (χ2v) is 13.1. The number of carbonyl (C=O) groups excluding carboxylic acids is 1. The van der Waals surface area contributed by atoms with Gasteiger partial charge < -0.3 is 20.5 Å². The highest BCUT2D eigenvalue weighted by Crippen LogP contribution is 2.41. The van der Waals surface area contributed by atoms with Gasteiger partial charge in [-0.2, -0.15) is 13.2 Å². The third kappa shape index (κ3) is 7.74. The molecule has 0 aromatic rings. The predicted octanol–water partition coefficient (Wildman–Crippen LogP) is 5.89. The Hall–Kier alpha value is -2.17. The first kappa shape index (κ1) is 32.2. The summed E-state index contributed by atoms with van der Waals surface area (Å²) < 4.78 is 39.2. The quantitative estimate of drug-likeness (QED) is 0.282. The number of carbonyl (C=O) groups is 1. The van der Waals surface area contributed by atoms with Gasteiger partial charge in [0, 0.05) is 63.3 Å². The largest absolute Gasteiger partial charge is 0.417 e. The van der Waals surface area contributed by atoms with Crippen LogP contribution in [-0.4, -0.2) is 77.9 Å². The molecular weight excluding hydrogens is 577 g/mol. The van der Waals surface area contributed by atoms with E-state index in [1.807, 2.05) is 0 Å². The van der Waals surface area contributed by atoms with Crippen molar-refractivity contribution in [2.24, 2.45) is 5.92 Å². The van der Waals surface area contributed by atoms with Crippen molar-refractivity contribution in [3.8, 4) is 0 Å². The summed E-state index contributed by atoms with van der Waals surface area (Å²) in [6.07, 6.45) is 7.88. The fourth-order valence-electron chi connectivity index (χ4n) is 7.27. The van der Waals surface area contributed by atoms with Gasteiger partial charge in [0.1, 0.15) is 6.17 Å². The van der Waals surface area contributed by atoms with Crippen molar-refractivity contribution < 1.29 is 18.0 Å². The Morgan fingerprint density at radius 3 is 2.35 bits per heavy atom. The van der Waals surface area contributed by atoms with E-state index in [0.29, 0.717) is 5.92 Å². The first-order valence-electron chi connectivity index (χ1n) is 16.2. The van der Waals surface area contributed by atoms with Crippen LogP contribution in [0.5, 0.6) is 0 Å². The summed E-state index contributed by atoms with van der Waals surface area (Å²) in [5, 5.41) is 8.63. The van der Waals surface area contributed by atoms with Crippen LogP contribution in [0, 0.1) is 5.92 Å². The zero-order valence-corrected chi connectivity index (χ0v) is 26.6. The van der Waals surface area contributed by atoms with Crippen LogP contribution in [-0.2, 0) is 4.79 Å². The Bertz CT molecular complexity index is 1140. The molecule has 5 rings (SSSR count). The molecule has 43 heavy (non-hydrogen) atoms. The minimum atomic E-state index is -4.41. The Kier molecular flexibility index (Phi) is 10.4. The molecule has 0 spiro atoms. The lowest BCUT2D eigenvalue weighted by molar-refractivity contribution is -0.119. The van der Waals surface area contributed by atoms with Gasteiger partial charge >= 0.3 is 6.18 Å². The summed E-state index contributed by atoms with van der Waals surface area (Å²) in [7, 11) is 0. The maximum atomic E-state index is 13.1. The van der Waals surface area contributed by atoms with E-state index in [0.717, 1.165) is 96.4 Å². The van der Waals surface area contributed by atoms with E-state index >= 15 is 0 Å². The molecule has 5 aliphatic rings. The van der Waals surface area contributed by atoms with Crippen LogP contribution in [0.15, 0.2) is 45.4 Å². The average molecular weight is 625 g/mol. The van der Waals surface area contributed by atoms with E-state index in [1.165, 1.54) is 29.8 Å². The standard InChI is InChI=1S/C32H48ClF3N6O/c1-4-6-28-26(5-2)29(30(23-7-8-23)40-16-12-25(13-17-40)38-21(3)43)39-42(28)18-11-22-9-14-41(15-10-22)31-27(33)19-24(20-37-31)32(34,35)36/h19-20,22,25,29,31,37,39H,4-18H2,1-3H3,(H,38,43). The van der Waals surface area contributed by atoms with Crippen LogP contribution < -0.4 is 16.1 Å². The van der Waals surface area contributed by atoms with E-state index in [9.17, 15) is 18.0 Å². The maximum Gasteiger partial charge on any atom is 0.417 e. The van der Waals surface area contributed by atoms with E-state index in [4.69, 9.17) is 11.6 Å². The average Bonchev–Trinajstić information content (AvgIpc) is 3.75. The third-order valence-corrected chi connectivity index (χ3v) is 9.95. The number of amides is 1. The number of hydrazine groups is 1. The van der Waals surface area contributed by atoms with Gasteiger partial charge in [-0.25, -0.2) is 5.43 Å². The molecule has 0 bridgehead atoms. The van der Waals surface area contributed by atoms with Crippen LogP contribution in [0.4, 0.5) is 13.2 Å². The van der Waals surface area contributed by atoms with Crippen LogP contribution in [0.25, 0.3) is 0 Å². The molecule has 2 unspecified atom stereocenters. The molecule has 1 saturated carbocycles.